The average Bonchev–Trinajstić information content (AvgIpc) is 2.56. The van der Waals surface area contributed by atoms with Crippen LogP contribution in [0, 0.1) is 5.82 Å². The van der Waals surface area contributed by atoms with E-state index in [-0.39, 0.29) is 5.75 Å². The second-order valence-corrected chi connectivity index (χ2v) is 5.95. The van der Waals surface area contributed by atoms with Crippen LogP contribution in [0.4, 0.5) is 10.2 Å². The highest BCUT2D eigenvalue weighted by Gasteiger charge is 2.13. The molecular weight excluding hydrogens is 289 g/mol. The number of anilines is 1. The van der Waals surface area contributed by atoms with Gasteiger partial charge in [-0.05, 0) is 30.3 Å². The zero-order chi connectivity index (χ0) is 14.7. The molecule has 3 rings (SSSR count). The first-order valence-corrected chi connectivity index (χ1v) is 7.94. The lowest BCUT2D eigenvalue weighted by molar-refractivity contribution is 0.386. The minimum atomic E-state index is -0.395. The normalized spacial score (nSPS) is 15.0. The van der Waals surface area contributed by atoms with Crippen LogP contribution in [0.1, 0.15) is 0 Å². The molecular formula is C15H16FN3OS. The largest absolute Gasteiger partial charge is 0.494 e. The third-order valence-corrected chi connectivity index (χ3v) is 4.38. The van der Waals surface area contributed by atoms with Crippen molar-refractivity contribution < 1.29 is 9.13 Å². The Labute approximate surface area is 127 Å². The van der Waals surface area contributed by atoms with E-state index in [1.807, 2.05) is 23.9 Å². The Bertz CT molecular complexity index is 615. The number of thioether (sulfide) groups is 1. The van der Waals surface area contributed by atoms with Gasteiger partial charge in [0, 0.05) is 30.2 Å². The quantitative estimate of drug-likeness (QED) is 0.872. The first-order valence-electron chi connectivity index (χ1n) is 6.78. The maximum atomic E-state index is 13.7. The van der Waals surface area contributed by atoms with Gasteiger partial charge in [0.05, 0.1) is 12.8 Å². The summed E-state index contributed by atoms with van der Waals surface area (Å²) in [5.74, 6) is 2.95. The van der Waals surface area contributed by atoms with Crippen LogP contribution in [0.3, 0.4) is 0 Å². The third-order valence-electron chi connectivity index (χ3n) is 3.43. The molecule has 0 radical (unpaired) electrons. The molecule has 21 heavy (non-hydrogen) atoms. The number of benzene rings is 1. The maximum absolute atomic E-state index is 13.7. The van der Waals surface area contributed by atoms with Crippen LogP contribution in [0.25, 0.3) is 11.3 Å². The molecule has 1 saturated heterocycles. The summed E-state index contributed by atoms with van der Waals surface area (Å²) in [6, 6.07) is 8.62. The van der Waals surface area contributed by atoms with Gasteiger partial charge in [0.2, 0.25) is 0 Å². The van der Waals surface area contributed by atoms with E-state index in [4.69, 9.17) is 4.74 Å². The number of hydrogen-bond acceptors (Lipinski definition) is 5. The Hall–Kier alpha value is -1.82. The Balaban J connectivity index is 1.81. The van der Waals surface area contributed by atoms with Gasteiger partial charge in [-0.15, -0.1) is 10.2 Å². The van der Waals surface area contributed by atoms with Crippen LogP contribution in [-0.2, 0) is 0 Å². The van der Waals surface area contributed by atoms with Gasteiger partial charge in [-0.2, -0.15) is 11.8 Å². The lowest BCUT2D eigenvalue weighted by Gasteiger charge is -2.26. The molecule has 1 aliphatic rings. The fraction of sp³-hybridized carbons (Fsp3) is 0.333. The highest BCUT2D eigenvalue weighted by molar-refractivity contribution is 7.99. The van der Waals surface area contributed by atoms with E-state index in [2.05, 4.69) is 15.1 Å². The van der Waals surface area contributed by atoms with Crippen molar-refractivity contribution in [3.8, 4) is 17.0 Å². The lowest BCUT2D eigenvalue weighted by Crippen LogP contribution is -2.33. The number of halogens is 1. The van der Waals surface area contributed by atoms with Gasteiger partial charge < -0.3 is 9.64 Å². The molecule has 1 fully saturated rings. The third kappa shape index (κ3) is 3.10. The van der Waals surface area contributed by atoms with Gasteiger partial charge in [-0.3, -0.25) is 0 Å². The van der Waals surface area contributed by atoms with Gasteiger partial charge in [0.1, 0.15) is 0 Å². The van der Waals surface area contributed by atoms with Crippen molar-refractivity contribution in [2.24, 2.45) is 0 Å². The topological polar surface area (TPSA) is 38.2 Å². The van der Waals surface area contributed by atoms with Crippen molar-refractivity contribution in [3.05, 3.63) is 36.1 Å². The molecule has 110 valence electrons. The minimum absolute atomic E-state index is 0.231. The maximum Gasteiger partial charge on any atom is 0.165 e. The van der Waals surface area contributed by atoms with E-state index in [0.717, 1.165) is 30.4 Å². The number of methoxy groups -OCH3 is 1. The van der Waals surface area contributed by atoms with Crippen LogP contribution in [-0.4, -0.2) is 41.9 Å². The van der Waals surface area contributed by atoms with Crippen molar-refractivity contribution in [3.63, 3.8) is 0 Å². The predicted molar refractivity (Wildman–Crippen MR) is 83.5 cm³/mol. The van der Waals surface area contributed by atoms with Crippen LogP contribution >= 0.6 is 11.8 Å². The van der Waals surface area contributed by atoms with Gasteiger partial charge in [0.15, 0.2) is 17.4 Å². The van der Waals surface area contributed by atoms with E-state index in [0.29, 0.717) is 11.3 Å². The van der Waals surface area contributed by atoms with Gasteiger partial charge >= 0.3 is 0 Å². The second kappa shape index (κ2) is 6.30. The summed E-state index contributed by atoms with van der Waals surface area (Å²) in [5, 5.41) is 8.48. The molecule has 0 atom stereocenters. The van der Waals surface area contributed by atoms with Gasteiger partial charge in [0.25, 0.3) is 0 Å². The number of ether oxygens (including phenoxy) is 1. The summed E-state index contributed by atoms with van der Waals surface area (Å²) >= 11 is 1.96. The fourth-order valence-corrected chi connectivity index (χ4v) is 3.17. The Morgan fingerprint density at radius 2 is 1.95 bits per heavy atom. The van der Waals surface area contributed by atoms with E-state index >= 15 is 0 Å². The second-order valence-electron chi connectivity index (χ2n) is 4.73. The van der Waals surface area contributed by atoms with Crippen molar-refractivity contribution in [1.82, 2.24) is 10.2 Å². The number of rotatable bonds is 3. The molecule has 0 saturated carbocycles. The fourth-order valence-electron chi connectivity index (χ4n) is 2.27. The van der Waals surface area contributed by atoms with Crippen LogP contribution in [0.5, 0.6) is 5.75 Å². The smallest absolute Gasteiger partial charge is 0.165 e. The Morgan fingerprint density at radius 3 is 2.57 bits per heavy atom. The molecule has 0 spiro atoms. The molecule has 0 N–H and O–H groups in total. The van der Waals surface area contributed by atoms with Crippen molar-refractivity contribution in [1.29, 1.82) is 0 Å². The molecule has 0 unspecified atom stereocenters. The Kier molecular flexibility index (Phi) is 4.24. The predicted octanol–water partition coefficient (Wildman–Crippen LogP) is 2.84. The first kappa shape index (κ1) is 14.1. The summed E-state index contributed by atoms with van der Waals surface area (Å²) in [6.07, 6.45) is 0. The van der Waals surface area contributed by atoms with Crippen molar-refractivity contribution in [2.45, 2.75) is 0 Å². The first-order chi connectivity index (χ1) is 10.3. The SMILES string of the molecule is COc1ccc(-c2ccc(N3CCSCC3)nn2)cc1F. The van der Waals surface area contributed by atoms with E-state index in [1.165, 1.54) is 13.2 Å². The summed E-state index contributed by atoms with van der Waals surface area (Å²) in [4.78, 5) is 2.22. The summed E-state index contributed by atoms with van der Waals surface area (Å²) in [5.41, 5.74) is 1.35. The van der Waals surface area contributed by atoms with E-state index in [1.54, 1.807) is 12.1 Å². The van der Waals surface area contributed by atoms with Crippen molar-refractivity contribution in [2.75, 3.05) is 36.6 Å². The molecule has 0 aliphatic carbocycles. The molecule has 1 aromatic carbocycles. The molecule has 2 aromatic rings. The monoisotopic (exact) mass is 305 g/mol. The average molecular weight is 305 g/mol. The van der Waals surface area contributed by atoms with Crippen LogP contribution in [0.15, 0.2) is 30.3 Å². The lowest BCUT2D eigenvalue weighted by atomic mass is 10.1. The summed E-state index contributed by atoms with van der Waals surface area (Å²) in [6.45, 7) is 1.99. The van der Waals surface area contributed by atoms with Crippen molar-refractivity contribution >= 4 is 17.6 Å². The summed E-state index contributed by atoms with van der Waals surface area (Å²) in [7, 11) is 1.45. The molecule has 2 heterocycles. The van der Waals surface area contributed by atoms with Crippen LogP contribution < -0.4 is 9.64 Å². The molecule has 0 bridgehead atoms. The number of nitrogens with zero attached hydrogens (tertiary/aromatic N) is 3. The number of aromatic nitrogens is 2. The minimum Gasteiger partial charge on any atom is -0.494 e. The van der Waals surface area contributed by atoms with Gasteiger partial charge in [-0.25, -0.2) is 4.39 Å². The zero-order valence-electron chi connectivity index (χ0n) is 11.8. The molecule has 0 amide bonds. The standard InChI is InChI=1S/C15H16FN3OS/c1-20-14-4-2-11(10-12(14)16)13-3-5-15(18-17-13)19-6-8-21-9-7-19/h2-5,10H,6-9H2,1H3. The highest BCUT2D eigenvalue weighted by atomic mass is 32.2. The van der Waals surface area contributed by atoms with Crippen LogP contribution in [0.2, 0.25) is 0 Å². The van der Waals surface area contributed by atoms with E-state index in [9.17, 15) is 4.39 Å². The summed E-state index contributed by atoms with van der Waals surface area (Å²) < 4.78 is 18.6. The molecule has 4 nitrogen and oxygen atoms in total. The molecule has 1 aliphatic heterocycles. The Morgan fingerprint density at radius 1 is 1.14 bits per heavy atom. The molecule has 1 aromatic heterocycles. The van der Waals surface area contributed by atoms with Gasteiger partial charge in [-0.1, -0.05) is 0 Å². The van der Waals surface area contributed by atoms with E-state index < -0.39 is 5.82 Å². The zero-order valence-corrected chi connectivity index (χ0v) is 12.6. The number of hydrogen-bond donors (Lipinski definition) is 0. The molecule has 6 heteroatoms. The highest BCUT2D eigenvalue weighted by Crippen LogP contribution is 2.25.